The topological polar surface area (TPSA) is 109 Å². The highest BCUT2D eigenvalue weighted by Crippen LogP contribution is 2.34. The molecule has 0 saturated carbocycles. The molecule has 0 unspecified atom stereocenters. The first kappa shape index (κ1) is 20.1. The summed E-state index contributed by atoms with van der Waals surface area (Å²) in [6.45, 7) is 2.10. The van der Waals surface area contributed by atoms with Gasteiger partial charge in [-0.1, -0.05) is 23.7 Å². The number of amides is 2. The molecule has 0 aliphatic carbocycles. The van der Waals surface area contributed by atoms with E-state index in [4.69, 9.17) is 21.1 Å². The van der Waals surface area contributed by atoms with Gasteiger partial charge in [0.1, 0.15) is 5.75 Å². The van der Waals surface area contributed by atoms with E-state index in [1.807, 2.05) is 0 Å². The van der Waals surface area contributed by atoms with Crippen LogP contribution in [-0.4, -0.2) is 36.9 Å². The fourth-order valence-corrected chi connectivity index (χ4v) is 2.30. The van der Waals surface area contributed by atoms with Crippen molar-refractivity contribution in [1.29, 1.82) is 0 Å². The quantitative estimate of drug-likeness (QED) is 0.398. The zero-order valence-corrected chi connectivity index (χ0v) is 15.4. The third-order valence-corrected chi connectivity index (χ3v) is 3.58. The molecule has 142 valence electrons. The smallest absolute Gasteiger partial charge is 0.329 e. The van der Waals surface area contributed by atoms with E-state index >= 15 is 0 Å². The fraction of sp³-hybridized carbons (Fsp3) is 0.167. The molecule has 0 aliphatic heterocycles. The van der Waals surface area contributed by atoms with Crippen LogP contribution in [0, 0.1) is 0 Å². The van der Waals surface area contributed by atoms with Crippen LogP contribution in [-0.2, 0) is 9.59 Å². The predicted octanol–water partition coefficient (Wildman–Crippen LogP) is 2.54. The molecule has 0 fully saturated rings. The van der Waals surface area contributed by atoms with Crippen LogP contribution in [0.15, 0.2) is 41.5 Å². The lowest BCUT2D eigenvalue weighted by atomic mass is 10.2. The SMILES string of the molecule is CCOc1cc(/C=N\NC(=O)C(=O)Nc2ccccc2OC)cc(Cl)c1O. The van der Waals surface area contributed by atoms with E-state index in [9.17, 15) is 14.7 Å². The van der Waals surface area contributed by atoms with Crippen molar-refractivity contribution in [3.8, 4) is 17.2 Å². The molecule has 0 heterocycles. The molecule has 2 aromatic rings. The summed E-state index contributed by atoms with van der Waals surface area (Å²) in [5.74, 6) is -1.45. The molecule has 0 radical (unpaired) electrons. The van der Waals surface area contributed by atoms with Crippen LogP contribution in [0.2, 0.25) is 5.02 Å². The molecule has 0 atom stereocenters. The number of rotatable bonds is 6. The summed E-state index contributed by atoms with van der Waals surface area (Å²) >= 11 is 5.91. The molecule has 3 N–H and O–H groups in total. The van der Waals surface area contributed by atoms with Crippen molar-refractivity contribution in [3.05, 3.63) is 47.0 Å². The van der Waals surface area contributed by atoms with Crippen molar-refractivity contribution in [2.75, 3.05) is 19.0 Å². The number of phenolic OH excluding ortho intramolecular Hbond substituents is 1. The molecule has 0 aromatic heterocycles. The van der Waals surface area contributed by atoms with Crippen LogP contribution in [0.1, 0.15) is 12.5 Å². The van der Waals surface area contributed by atoms with Gasteiger partial charge >= 0.3 is 11.8 Å². The Kier molecular flexibility index (Phi) is 7.01. The molecule has 0 saturated heterocycles. The number of carbonyl (C=O) groups excluding carboxylic acids is 2. The van der Waals surface area contributed by atoms with E-state index in [0.29, 0.717) is 23.6 Å². The number of carbonyl (C=O) groups is 2. The minimum atomic E-state index is -0.966. The molecular weight excluding hydrogens is 374 g/mol. The van der Waals surface area contributed by atoms with Gasteiger partial charge in [-0.25, -0.2) is 5.43 Å². The van der Waals surface area contributed by atoms with Crippen molar-refractivity contribution in [3.63, 3.8) is 0 Å². The van der Waals surface area contributed by atoms with Gasteiger partial charge in [-0.3, -0.25) is 9.59 Å². The summed E-state index contributed by atoms with van der Waals surface area (Å²) in [6.07, 6.45) is 1.27. The highest BCUT2D eigenvalue weighted by Gasteiger charge is 2.15. The Balaban J connectivity index is 2.01. The molecular formula is C18H18ClN3O5. The van der Waals surface area contributed by atoms with Crippen LogP contribution in [0.4, 0.5) is 5.69 Å². The lowest BCUT2D eigenvalue weighted by molar-refractivity contribution is -0.136. The number of ether oxygens (including phenoxy) is 2. The van der Waals surface area contributed by atoms with Gasteiger partial charge in [0.25, 0.3) is 0 Å². The third kappa shape index (κ3) is 5.35. The number of benzene rings is 2. The number of aromatic hydroxyl groups is 1. The number of methoxy groups -OCH3 is 1. The number of hydrogen-bond donors (Lipinski definition) is 3. The first-order chi connectivity index (χ1) is 13.0. The van der Waals surface area contributed by atoms with Crippen LogP contribution in [0.3, 0.4) is 0 Å². The Morgan fingerprint density at radius 2 is 1.96 bits per heavy atom. The number of nitrogens with one attached hydrogen (secondary N) is 2. The fourth-order valence-electron chi connectivity index (χ4n) is 2.08. The second-order valence-corrected chi connectivity index (χ2v) is 5.54. The average molecular weight is 392 g/mol. The van der Waals surface area contributed by atoms with Gasteiger partial charge in [0.15, 0.2) is 11.5 Å². The summed E-state index contributed by atoms with van der Waals surface area (Å²) in [7, 11) is 1.45. The minimum absolute atomic E-state index is 0.0719. The van der Waals surface area contributed by atoms with Gasteiger partial charge < -0.3 is 19.9 Å². The lowest BCUT2D eigenvalue weighted by Gasteiger charge is -2.09. The summed E-state index contributed by atoms with van der Waals surface area (Å²) < 4.78 is 10.3. The molecule has 0 aliphatic rings. The highest BCUT2D eigenvalue weighted by molar-refractivity contribution is 6.39. The Morgan fingerprint density at radius 1 is 1.22 bits per heavy atom. The molecule has 0 bridgehead atoms. The van der Waals surface area contributed by atoms with Crippen molar-refractivity contribution in [2.45, 2.75) is 6.92 Å². The second-order valence-electron chi connectivity index (χ2n) is 5.14. The maximum absolute atomic E-state index is 11.9. The first-order valence-corrected chi connectivity index (χ1v) is 8.26. The number of nitrogens with zero attached hydrogens (tertiary/aromatic N) is 1. The van der Waals surface area contributed by atoms with Gasteiger partial charge in [0, 0.05) is 0 Å². The minimum Gasteiger partial charge on any atom is -0.503 e. The van der Waals surface area contributed by atoms with Crippen LogP contribution >= 0.6 is 11.6 Å². The molecule has 0 spiro atoms. The van der Waals surface area contributed by atoms with Crippen LogP contribution < -0.4 is 20.2 Å². The summed E-state index contributed by atoms with van der Waals surface area (Å²) in [5, 5.41) is 16.0. The lowest BCUT2D eigenvalue weighted by Crippen LogP contribution is -2.32. The van der Waals surface area contributed by atoms with Gasteiger partial charge in [-0.2, -0.15) is 5.10 Å². The zero-order valence-electron chi connectivity index (χ0n) is 14.7. The number of para-hydroxylation sites is 2. The van der Waals surface area contributed by atoms with Gasteiger partial charge in [0.05, 0.1) is 30.6 Å². The van der Waals surface area contributed by atoms with E-state index in [-0.39, 0.29) is 16.5 Å². The third-order valence-electron chi connectivity index (χ3n) is 3.29. The van der Waals surface area contributed by atoms with Crippen molar-refractivity contribution in [1.82, 2.24) is 5.43 Å². The Hall–Kier alpha value is -3.26. The van der Waals surface area contributed by atoms with Gasteiger partial charge in [-0.05, 0) is 36.8 Å². The van der Waals surface area contributed by atoms with E-state index in [1.165, 1.54) is 25.5 Å². The number of anilines is 1. The number of hydrogen-bond acceptors (Lipinski definition) is 6. The summed E-state index contributed by atoms with van der Waals surface area (Å²) in [4.78, 5) is 23.8. The molecule has 2 rings (SSSR count). The average Bonchev–Trinajstić information content (AvgIpc) is 2.66. The Morgan fingerprint density at radius 3 is 2.67 bits per heavy atom. The molecule has 2 aromatic carbocycles. The molecule has 27 heavy (non-hydrogen) atoms. The van der Waals surface area contributed by atoms with Gasteiger partial charge in [0.2, 0.25) is 0 Å². The number of halogens is 1. The van der Waals surface area contributed by atoms with E-state index < -0.39 is 11.8 Å². The monoisotopic (exact) mass is 391 g/mol. The van der Waals surface area contributed by atoms with Crippen molar-refractivity contribution < 1.29 is 24.2 Å². The van der Waals surface area contributed by atoms with E-state index in [1.54, 1.807) is 31.2 Å². The second kappa shape index (κ2) is 9.44. The normalized spacial score (nSPS) is 10.5. The number of phenols is 1. The maximum Gasteiger partial charge on any atom is 0.329 e. The predicted molar refractivity (Wildman–Crippen MR) is 102 cm³/mol. The largest absolute Gasteiger partial charge is 0.503 e. The van der Waals surface area contributed by atoms with Crippen molar-refractivity contribution >= 4 is 35.3 Å². The molecule has 2 amide bonds. The Bertz CT molecular complexity index is 870. The summed E-state index contributed by atoms with van der Waals surface area (Å²) in [5.41, 5.74) is 2.93. The maximum atomic E-state index is 11.9. The number of hydrazone groups is 1. The molecule has 9 heteroatoms. The van der Waals surface area contributed by atoms with Crippen LogP contribution in [0.5, 0.6) is 17.2 Å². The van der Waals surface area contributed by atoms with Crippen LogP contribution in [0.25, 0.3) is 0 Å². The molecule has 8 nitrogen and oxygen atoms in total. The first-order valence-electron chi connectivity index (χ1n) is 7.89. The highest BCUT2D eigenvalue weighted by atomic mass is 35.5. The van der Waals surface area contributed by atoms with Gasteiger partial charge in [-0.15, -0.1) is 0 Å². The van der Waals surface area contributed by atoms with Crippen molar-refractivity contribution in [2.24, 2.45) is 5.10 Å². The van der Waals surface area contributed by atoms with E-state index in [0.717, 1.165) is 0 Å². The zero-order chi connectivity index (χ0) is 19.8. The van der Waals surface area contributed by atoms with E-state index in [2.05, 4.69) is 15.8 Å². The standard InChI is InChI=1S/C18H18ClN3O5/c1-3-27-15-9-11(8-12(19)16(15)23)10-20-22-18(25)17(24)21-13-6-4-5-7-14(13)26-2/h4-10,23H,3H2,1-2H3,(H,21,24)(H,22,25)/b20-10-. The summed E-state index contributed by atoms with van der Waals surface area (Å²) in [6, 6.07) is 9.60. The Labute approximate surface area is 160 Å².